The van der Waals surface area contributed by atoms with Crippen LogP contribution in [-0.4, -0.2) is 14.2 Å². The van der Waals surface area contributed by atoms with Crippen LogP contribution in [0, 0.1) is 6.92 Å². The molecule has 0 aromatic heterocycles. The van der Waals surface area contributed by atoms with Crippen LogP contribution in [0.25, 0.3) is 0 Å². The summed E-state index contributed by atoms with van der Waals surface area (Å²) in [5.41, 5.74) is 3.31. The van der Waals surface area contributed by atoms with Crippen molar-refractivity contribution in [3.8, 4) is 0 Å². The van der Waals surface area contributed by atoms with Crippen LogP contribution in [0.15, 0.2) is 42.5 Å². The van der Waals surface area contributed by atoms with E-state index in [9.17, 15) is 8.42 Å². The summed E-state index contributed by atoms with van der Waals surface area (Å²) in [7, 11) is -3.26. The minimum Gasteiger partial charge on any atom is -0.355 e. The van der Waals surface area contributed by atoms with Gasteiger partial charge in [0.05, 0.1) is 5.75 Å². The van der Waals surface area contributed by atoms with Crippen molar-refractivity contribution in [2.75, 3.05) is 15.8 Å². The standard InChI is InChI=1S/C16H19ClN2O2S/c1-3-11-22(20,21)19-14-9-7-13(8-10-14)18-16-6-4-5-15(17)12(16)2/h4-10,18-19H,3,11H2,1-2H3. The number of nitrogens with one attached hydrogen (secondary N) is 2. The van der Waals surface area contributed by atoms with Gasteiger partial charge in [-0.05, 0) is 55.3 Å². The molecule has 6 heteroatoms. The van der Waals surface area contributed by atoms with Gasteiger partial charge in [-0.1, -0.05) is 24.6 Å². The maximum absolute atomic E-state index is 11.7. The van der Waals surface area contributed by atoms with Gasteiger partial charge in [0.2, 0.25) is 10.0 Å². The van der Waals surface area contributed by atoms with Gasteiger partial charge in [-0.15, -0.1) is 0 Å². The molecular weight excluding hydrogens is 320 g/mol. The van der Waals surface area contributed by atoms with E-state index in [1.165, 1.54) is 0 Å². The molecule has 0 saturated heterocycles. The highest BCUT2D eigenvalue weighted by Crippen LogP contribution is 2.26. The Labute approximate surface area is 136 Å². The lowest BCUT2D eigenvalue weighted by atomic mass is 10.2. The lowest BCUT2D eigenvalue weighted by molar-refractivity contribution is 0.600. The molecular formula is C16H19ClN2O2S. The molecule has 0 aliphatic rings. The van der Waals surface area contributed by atoms with E-state index in [4.69, 9.17) is 11.6 Å². The summed E-state index contributed by atoms with van der Waals surface area (Å²) in [5, 5.41) is 3.97. The second kappa shape index (κ2) is 7.03. The van der Waals surface area contributed by atoms with Crippen LogP contribution in [-0.2, 0) is 10.0 Å². The van der Waals surface area contributed by atoms with Gasteiger partial charge in [0, 0.05) is 22.1 Å². The third kappa shape index (κ3) is 4.39. The highest BCUT2D eigenvalue weighted by Gasteiger charge is 2.08. The maximum atomic E-state index is 11.7. The van der Waals surface area contributed by atoms with Crippen LogP contribution in [0.2, 0.25) is 5.02 Å². The highest BCUT2D eigenvalue weighted by atomic mass is 35.5. The van der Waals surface area contributed by atoms with Gasteiger partial charge < -0.3 is 5.32 Å². The monoisotopic (exact) mass is 338 g/mol. The number of hydrogen-bond donors (Lipinski definition) is 2. The van der Waals surface area contributed by atoms with Crippen LogP contribution in [0.4, 0.5) is 17.1 Å². The largest absolute Gasteiger partial charge is 0.355 e. The molecule has 2 rings (SSSR count). The second-order valence-corrected chi connectivity index (χ2v) is 7.28. The van der Waals surface area contributed by atoms with Gasteiger partial charge >= 0.3 is 0 Å². The Bertz CT molecular complexity index is 743. The van der Waals surface area contributed by atoms with E-state index in [0.717, 1.165) is 16.9 Å². The molecule has 0 radical (unpaired) electrons. The average Bonchev–Trinajstić information content (AvgIpc) is 2.45. The van der Waals surface area contributed by atoms with Crippen LogP contribution in [0.5, 0.6) is 0 Å². The molecule has 4 nitrogen and oxygen atoms in total. The molecule has 0 aliphatic heterocycles. The molecule has 0 aliphatic carbocycles. The SMILES string of the molecule is CCCS(=O)(=O)Nc1ccc(Nc2cccc(Cl)c2C)cc1. The highest BCUT2D eigenvalue weighted by molar-refractivity contribution is 7.92. The van der Waals surface area contributed by atoms with Crippen molar-refractivity contribution in [1.29, 1.82) is 0 Å². The van der Waals surface area contributed by atoms with Crippen molar-refractivity contribution >= 4 is 38.7 Å². The molecule has 0 spiro atoms. The normalized spacial score (nSPS) is 11.2. The molecule has 0 unspecified atom stereocenters. The van der Waals surface area contributed by atoms with Crippen molar-refractivity contribution in [2.24, 2.45) is 0 Å². The zero-order chi connectivity index (χ0) is 16.2. The van der Waals surface area contributed by atoms with E-state index < -0.39 is 10.0 Å². The van der Waals surface area contributed by atoms with Crippen molar-refractivity contribution < 1.29 is 8.42 Å². The maximum Gasteiger partial charge on any atom is 0.232 e. The average molecular weight is 339 g/mol. The van der Waals surface area contributed by atoms with Gasteiger partial charge in [-0.25, -0.2) is 8.42 Å². The van der Waals surface area contributed by atoms with Gasteiger partial charge in [-0.3, -0.25) is 4.72 Å². The molecule has 22 heavy (non-hydrogen) atoms. The van der Waals surface area contributed by atoms with E-state index in [1.54, 1.807) is 12.1 Å². The molecule has 0 fully saturated rings. The van der Waals surface area contributed by atoms with Crippen LogP contribution < -0.4 is 10.0 Å². The summed E-state index contributed by atoms with van der Waals surface area (Å²) in [6.45, 7) is 3.78. The van der Waals surface area contributed by atoms with Crippen LogP contribution in [0.3, 0.4) is 0 Å². The molecule has 0 saturated carbocycles. The minimum absolute atomic E-state index is 0.120. The summed E-state index contributed by atoms with van der Waals surface area (Å²) < 4.78 is 26.0. The predicted octanol–water partition coefficient (Wildman–Crippen LogP) is 4.54. The molecule has 2 N–H and O–H groups in total. The fraction of sp³-hybridized carbons (Fsp3) is 0.250. The molecule has 0 bridgehead atoms. The Kier molecular flexibility index (Phi) is 5.32. The molecule has 0 heterocycles. The first-order chi connectivity index (χ1) is 10.4. The number of benzene rings is 2. The lowest BCUT2D eigenvalue weighted by Crippen LogP contribution is -2.15. The van der Waals surface area contributed by atoms with E-state index >= 15 is 0 Å². The zero-order valence-corrected chi connectivity index (χ0v) is 14.1. The Morgan fingerprint density at radius 3 is 2.32 bits per heavy atom. The topological polar surface area (TPSA) is 58.2 Å². The van der Waals surface area contributed by atoms with Crippen molar-refractivity contribution in [3.63, 3.8) is 0 Å². The Balaban J connectivity index is 2.11. The Hall–Kier alpha value is -1.72. The third-order valence-electron chi connectivity index (χ3n) is 3.18. The number of anilines is 3. The fourth-order valence-electron chi connectivity index (χ4n) is 2.02. The Morgan fingerprint density at radius 2 is 1.68 bits per heavy atom. The summed E-state index contributed by atoms with van der Waals surface area (Å²) in [6.07, 6.45) is 0.586. The third-order valence-corrected chi connectivity index (χ3v) is 5.08. The van der Waals surface area contributed by atoms with Gasteiger partial charge in [0.15, 0.2) is 0 Å². The van der Waals surface area contributed by atoms with Gasteiger partial charge in [-0.2, -0.15) is 0 Å². The summed E-state index contributed by atoms with van der Waals surface area (Å²) >= 11 is 6.09. The lowest BCUT2D eigenvalue weighted by Gasteiger charge is -2.12. The number of halogens is 1. The Morgan fingerprint density at radius 1 is 1.05 bits per heavy atom. The molecule has 0 amide bonds. The van der Waals surface area contributed by atoms with Crippen LogP contribution in [0.1, 0.15) is 18.9 Å². The summed E-state index contributed by atoms with van der Waals surface area (Å²) in [4.78, 5) is 0. The van der Waals surface area contributed by atoms with E-state index in [2.05, 4.69) is 10.0 Å². The molecule has 118 valence electrons. The smallest absolute Gasteiger partial charge is 0.232 e. The van der Waals surface area contributed by atoms with Crippen molar-refractivity contribution in [2.45, 2.75) is 20.3 Å². The number of hydrogen-bond acceptors (Lipinski definition) is 3. The number of rotatable bonds is 6. The van der Waals surface area contributed by atoms with Crippen LogP contribution >= 0.6 is 11.6 Å². The van der Waals surface area contributed by atoms with Crippen molar-refractivity contribution in [3.05, 3.63) is 53.1 Å². The quantitative estimate of drug-likeness (QED) is 0.812. The molecule has 2 aromatic carbocycles. The fourth-order valence-corrected chi connectivity index (χ4v) is 3.33. The molecule has 2 aromatic rings. The van der Waals surface area contributed by atoms with Gasteiger partial charge in [0.25, 0.3) is 0 Å². The van der Waals surface area contributed by atoms with E-state index in [-0.39, 0.29) is 5.75 Å². The van der Waals surface area contributed by atoms with Crippen molar-refractivity contribution in [1.82, 2.24) is 0 Å². The zero-order valence-electron chi connectivity index (χ0n) is 12.6. The minimum atomic E-state index is -3.26. The van der Waals surface area contributed by atoms with E-state index in [0.29, 0.717) is 17.1 Å². The summed E-state index contributed by atoms with van der Waals surface area (Å²) in [5.74, 6) is 0.120. The first-order valence-electron chi connectivity index (χ1n) is 7.04. The predicted molar refractivity (Wildman–Crippen MR) is 93.6 cm³/mol. The van der Waals surface area contributed by atoms with Gasteiger partial charge in [0.1, 0.15) is 0 Å². The molecule has 0 atom stereocenters. The number of sulfonamides is 1. The van der Waals surface area contributed by atoms with E-state index in [1.807, 2.05) is 44.2 Å². The summed E-state index contributed by atoms with van der Waals surface area (Å²) in [6, 6.07) is 12.8. The first-order valence-corrected chi connectivity index (χ1v) is 9.07. The second-order valence-electron chi connectivity index (χ2n) is 5.04. The first kappa shape index (κ1) is 16.6.